The van der Waals surface area contributed by atoms with Gasteiger partial charge in [0.05, 0.1) is 4.47 Å². The minimum Gasteiger partial charge on any atom is -0.456 e. The van der Waals surface area contributed by atoms with E-state index in [9.17, 15) is 4.79 Å². The van der Waals surface area contributed by atoms with Crippen LogP contribution in [0, 0.1) is 5.92 Å². The highest BCUT2D eigenvalue weighted by Gasteiger charge is 2.26. The maximum Gasteiger partial charge on any atom is 0.410 e. The SMILES string of the molecule is CC(C)(C)OC(=O)N1CCC(CCc2ccc(Oc3ccc(N)cc3Br)cc2)CC1. The Bertz CT molecular complexity index is 854. The Kier molecular flexibility index (Phi) is 7.29. The largest absolute Gasteiger partial charge is 0.456 e. The third-order valence-electron chi connectivity index (χ3n) is 5.21. The lowest BCUT2D eigenvalue weighted by Gasteiger charge is -2.33. The molecule has 0 atom stereocenters. The van der Waals surface area contributed by atoms with E-state index < -0.39 is 5.60 Å². The average molecular weight is 475 g/mol. The van der Waals surface area contributed by atoms with Crippen molar-refractivity contribution in [3.05, 3.63) is 52.5 Å². The molecule has 2 N–H and O–H groups in total. The molecule has 1 saturated heterocycles. The summed E-state index contributed by atoms with van der Waals surface area (Å²) in [6.07, 6.45) is 4.04. The van der Waals surface area contributed by atoms with Gasteiger partial charge in [0.25, 0.3) is 0 Å². The summed E-state index contributed by atoms with van der Waals surface area (Å²) in [7, 11) is 0. The van der Waals surface area contributed by atoms with Crippen LogP contribution in [0.25, 0.3) is 0 Å². The predicted octanol–water partition coefficient (Wildman–Crippen LogP) is 6.40. The Balaban J connectivity index is 1.44. The molecule has 1 aliphatic rings. The Morgan fingerprint density at radius 3 is 2.40 bits per heavy atom. The van der Waals surface area contributed by atoms with Gasteiger partial charge >= 0.3 is 6.09 Å². The fourth-order valence-corrected chi connectivity index (χ4v) is 4.03. The first kappa shape index (κ1) is 22.5. The first-order valence-electron chi connectivity index (χ1n) is 10.5. The maximum absolute atomic E-state index is 12.2. The topological polar surface area (TPSA) is 64.8 Å². The van der Waals surface area contributed by atoms with Crippen molar-refractivity contribution in [2.24, 2.45) is 5.92 Å². The summed E-state index contributed by atoms with van der Waals surface area (Å²) in [6, 6.07) is 13.8. The number of ether oxygens (including phenoxy) is 2. The van der Waals surface area contributed by atoms with Gasteiger partial charge < -0.3 is 20.1 Å². The van der Waals surface area contributed by atoms with Gasteiger partial charge in [-0.25, -0.2) is 4.79 Å². The number of hydrogen-bond donors (Lipinski definition) is 1. The Hall–Kier alpha value is -2.21. The molecule has 0 spiro atoms. The maximum atomic E-state index is 12.2. The molecule has 1 fully saturated rings. The summed E-state index contributed by atoms with van der Waals surface area (Å²) in [4.78, 5) is 14.0. The van der Waals surface area contributed by atoms with E-state index in [-0.39, 0.29) is 6.09 Å². The first-order chi connectivity index (χ1) is 14.2. The van der Waals surface area contributed by atoms with Crippen molar-refractivity contribution in [2.45, 2.75) is 52.1 Å². The molecule has 1 heterocycles. The van der Waals surface area contributed by atoms with Gasteiger partial charge in [0.15, 0.2) is 0 Å². The fourth-order valence-electron chi connectivity index (χ4n) is 3.55. The summed E-state index contributed by atoms with van der Waals surface area (Å²) in [5.74, 6) is 2.19. The molecular weight excluding hydrogens is 444 g/mol. The van der Waals surface area contributed by atoms with Crippen LogP contribution in [-0.4, -0.2) is 29.7 Å². The van der Waals surface area contributed by atoms with Gasteiger partial charge in [-0.1, -0.05) is 12.1 Å². The molecule has 1 aliphatic heterocycles. The molecule has 3 rings (SSSR count). The van der Waals surface area contributed by atoms with E-state index in [1.807, 2.05) is 56.0 Å². The molecule has 2 aromatic carbocycles. The molecule has 2 aromatic rings. The van der Waals surface area contributed by atoms with E-state index in [1.54, 1.807) is 0 Å². The number of nitrogens with two attached hydrogens (primary N) is 1. The van der Waals surface area contributed by atoms with Crippen LogP contribution in [0.1, 0.15) is 45.6 Å². The molecule has 0 aromatic heterocycles. The third-order valence-corrected chi connectivity index (χ3v) is 5.83. The monoisotopic (exact) mass is 474 g/mol. The lowest BCUT2D eigenvalue weighted by molar-refractivity contribution is 0.0181. The molecule has 0 aliphatic carbocycles. The zero-order chi connectivity index (χ0) is 21.7. The van der Waals surface area contributed by atoms with Crippen molar-refractivity contribution in [2.75, 3.05) is 18.8 Å². The number of likely N-dealkylation sites (tertiary alicyclic amines) is 1. The standard InChI is InChI=1S/C24H31BrN2O3/c1-24(2,3)30-23(28)27-14-12-18(13-15-27)5-4-17-6-9-20(10-7-17)29-22-11-8-19(26)16-21(22)25/h6-11,16,18H,4-5,12-15,26H2,1-3H3. The number of nitrogen functional groups attached to an aromatic ring is 1. The van der Waals surface area contributed by atoms with Gasteiger partial charge in [-0.15, -0.1) is 0 Å². The highest BCUT2D eigenvalue weighted by atomic mass is 79.9. The average Bonchev–Trinajstić information content (AvgIpc) is 2.68. The summed E-state index contributed by atoms with van der Waals surface area (Å²) in [6.45, 7) is 7.28. The van der Waals surface area contributed by atoms with Crippen LogP contribution in [0.4, 0.5) is 10.5 Å². The molecule has 1 amide bonds. The number of halogens is 1. The summed E-state index contributed by atoms with van der Waals surface area (Å²) in [5, 5.41) is 0. The molecule has 0 saturated carbocycles. The molecule has 0 unspecified atom stereocenters. The molecular formula is C24H31BrN2O3. The highest BCUT2D eigenvalue weighted by molar-refractivity contribution is 9.10. The molecule has 162 valence electrons. The molecule has 5 nitrogen and oxygen atoms in total. The second kappa shape index (κ2) is 9.73. The number of carbonyl (C=O) groups excluding carboxylic acids is 1. The van der Waals surface area contributed by atoms with Crippen molar-refractivity contribution in [1.29, 1.82) is 0 Å². The van der Waals surface area contributed by atoms with Crippen molar-refractivity contribution in [3.8, 4) is 11.5 Å². The number of carbonyl (C=O) groups is 1. The van der Waals surface area contributed by atoms with E-state index in [4.69, 9.17) is 15.2 Å². The van der Waals surface area contributed by atoms with E-state index in [0.29, 0.717) is 11.6 Å². The Labute approximate surface area is 187 Å². The fraction of sp³-hybridized carbons (Fsp3) is 0.458. The van der Waals surface area contributed by atoms with Crippen LogP contribution < -0.4 is 10.5 Å². The number of hydrogen-bond acceptors (Lipinski definition) is 4. The van der Waals surface area contributed by atoms with Crippen LogP contribution in [0.15, 0.2) is 46.9 Å². The minimum atomic E-state index is -0.437. The smallest absolute Gasteiger partial charge is 0.410 e. The van der Waals surface area contributed by atoms with Crippen LogP contribution in [0.5, 0.6) is 11.5 Å². The van der Waals surface area contributed by atoms with Crippen molar-refractivity contribution < 1.29 is 14.3 Å². The lowest BCUT2D eigenvalue weighted by atomic mass is 9.90. The quantitative estimate of drug-likeness (QED) is 0.508. The normalized spacial score (nSPS) is 15.1. The predicted molar refractivity (Wildman–Crippen MR) is 124 cm³/mol. The number of nitrogens with zero attached hydrogens (tertiary/aromatic N) is 1. The van der Waals surface area contributed by atoms with Crippen molar-refractivity contribution in [3.63, 3.8) is 0 Å². The Morgan fingerprint density at radius 1 is 1.13 bits per heavy atom. The van der Waals surface area contributed by atoms with Gasteiger partial charge in [0.2, 0.25) is 0 Å². The number of piperidine rings is 1. The molecule has 30 heavy (non-hydrogen) atoms. The van der Waals surface area contributed by atoms with Gasteiger partial charge in [-0.05, 0) is 104 Å². The molecule has 0 bridgehead atoms. The minimum absolute atomic E-state index is 0.190. The van der Waals surface area contributed by atoms with Gasteiger partial charge in [-0.2, -0.15) is 0 Å². The highest BCUT2D eigenvalue weighted by Crippen LogP contribution is 2.31. The first-order valence-corrected chi connectivity index (χ1v) is 11.3. The van der Waals surface area contributed by atoms with E-state index in [1.165, 1.54) is 5.56 Å². The second-order valence-electron chi connectivity index (χ2n) is 8.89. The van der Waals surface area contributed by atoms with E-state index in [0.717, 1.165) is 54.7 Å². The van der Waals surface area contributed by atoms with Gasteiger partial charge in [-0.3, -0.25) is 0 Å². The summed E-state index contributed by atoms with van der Waals surface area (Å²) in [5.41, 5.74) is 7.33. The number of rotatable bonds is 5. The van der Waals surface area contributed by atoms with Gasteiger partial charge in [0, 0.05) is 18.8 Å². The molecule has 6 heteroatoms. The number of benzene rings is 2. The Morgan fingerprint density at radius 2 is 1.80 bits per heavy atom. The van der Waals surface area contributed by atoms with Crippen LogP contribution in [0.3, 0.4) is 0 Å². The van der Waals surface area contributed by atoms with Crippen molar-refractivity contribution >= 4 is 27.7 Å². The number of aryl methyl sites for hydroxylation is 1. The van der Waals surface area contributed by atoms with Crippen LogP contribution in [-0.2, 0) is 11.2 Å². The zero-order valence-corrected chi connectivity index (χ0v) is 19.6. The van der Waals surface area contributed by atoms with Crippen LogP contribution >= 0.6 is 15.9 Å². The van der Waals surface area contributed by atoms with Crippen LogP contribution in [0.2, 0.25) is 0 Å². The third kappa shape index (κ3) is 6.66. The number of anilines is 1. The van der Waals surface area contributed by atoms with Crippen molar-refractivity contribution in [1.82, 2.24) is 4.90 Å². The van der Waals surface area contributed by atoms with E-state index >= 15 is 0 Å². The molecule has 0 radical (unpaired) electrons. The second-order valence-corrected chi connectivity index (χ2v) is 9.74. The van der Waals surface area contributed by atoms with E-state index in [2.05, 4.69) is 28.1 Å². The summed E-state index contributed by atoms with van der Waals surface area (Å²) >= 11 is 3.48. The summed E-state index contributed by atoms with van der Waals surface area (Å²) < 4.78 is 12.2. The van der Waals surface area contributed by atoms with Gasteiger partial charge in [0.1, 0.15) is 17.1 Å². The number of amides is 1. The zero-order valence-electron chi connectivity index (χ0n) is 18.0. The lowest BCUT2D eigenvalue weighted by Crippen LogP contribution is -2.41.